The van der Waals surface area contributed by atoms with E-state index in [1.165, 1.54) is 0 Å². The van der Waals surface area contributed by atoms with Crippen LogP contribution in [0, 0.1) is 5.41 Å². The first kappa shape index (κ1) is 17.5. The number of nitrogens with zero attached hydrogens (tertiary/aromatic N) is 3. The quantitative estimate of drug-likeness (QED) is 0.842. The van der Waals surface area contributed by atoms with Gasteiger partial charge in [0.05, 0.1) is 18.3 Å². The number of rotatable bonds is 6. The minimum atomic E-state index is -0.371. The highest BCUT2D eigenvalue weighted by molar-refractivity contribution is 5.74. The Balaban J connectivity index is 2.55. The molecule has 120 valence electrons. The molecule has 0 aliphatic carbocycles. The molecule has 1 aromatic rings. The van der Waals surface area contributed by atoms with Crippen LogP contribution < -0.4 is 5.32 Å². The highest BCUT2D eigenvalue weighted by atomic mass is 16.3. The summed E-state index contributed by atoms with van der Waals surface area (Å²) >= 11 is 0. The Bertz CT molecular complexity index is 468. The number of nitrogens with one attached hydrogen (secondary N) is 1. The van der Waals surface area contributed by atoms with Crippen LogP contribution in [0.1, 0.15) is 45.7 Å². The van der Waals surface area contributed by atoms with Gasteiger partial charge in [-0.05, 0) is 25.7 Å². The molecule has 0 radical (unpaired) electrons. The number of hydrogen-bond donors (Lipinski definition) is 2. The van der Waals surface area contributed by atoms with E-state index in [1.54, 1.807) is 29.7 Å². The van der Waals surface area contributed by atoms with Gasteiger partial charge < -0.3 is 15.3 Å². The van der Waals surface area contributed by atoms with Crippen molar-refractivity contribution < 1.29 is 9.90 Å². The number of aryl methyl sites for hydroxylation is 1. The molecule has 0 aliphatic heterocycles. The molecule has 21 heavy (non-hydrogen) atoms. The third-order valence-corrected chi connectivity index (χ3v) is 3.67. The SMILES string of the molecule is CC(O)CC(C)(C)CNC(=O)N(C)C(C)c1cnn(C)c1. The van der Waals surface area contributed by atoms with Crippen molar-refractivity contribution in [3.63, 3.8) is 0 Å². The lowest BCUT2D eigenvalue weighted by Crippen LogP contribution is -2.43. The van der Waals surface area contributed by atoms with Gasteiger partial charge in [0.1, 0.15) is 0 Å². The molecule has 0 saturated carbocycles. The Morgan fingerprint density at radius 2 is 2.14 bits per heavy atom. The van der Waals surface area contributed by atoms with E-state index in [-0.39, 0.29) is 23.6 Å². The molecule has 6 heteroatoms. The van der Waals surface area contributed by atoms with Gasteiger partial charge in [-0.3, -0.25) is 4.68 Å². The van der Waals surface area contributed by atoms with Crippen LogP contribution in [0.2, 0.25) is 0 Å². The molecular weight excluding hydrogens is 268 g/mol. The Kier molecular flexibility index (Phi) is 5.78. The summed E-state index contributed by atoms with van der Waals surface area (Å²) in [5.74, 6) is 0. The molecule has 0 aromatic carbocycles. The number of carbonyl (C=O) groups excluding carboxylic acids is 1. The molecule has 2 N–H and O–H groups in total. The summed E-state index contributed by atoms with van der Waals surface area (Å²) in [5.41, 5.74) is 0.862. The number of aliphatic hydroxyl groups is 1. The first-order valence-electron chi connectivity index (χ1n) is 7.29. The zero-order valence-electron chi connectivity index (χ0n) is 13.9. The van der Waals surface area contributed by atoms with E-state index in [0.717, 1.165) is 5.56 Å². The lowest BCUT2D eigenvalue weighted by Gasteiger charge is -2.29. The van der Waals surface area contributed by atoms with E-state index in [9.17, 15) is 9.90 Å². The average Bonchev–Trinajstić information content (AvgIpc) is 2.79. The second kappa shape index (κ2) is 6.93. The minimum absolute atomic E-state index is 0.0430. The van der Waals surface area contributed by atoms with Crippen LogP contribution in [0.15, 0.2) is 12.4 Å². The second-order valence-electron chi connectivity index (χ2n) is 6.61. The lowest BCUT2D eigenvalue weighted by atomic mass is 9.87. The van der Waals surface area contributed by atoms with Gasteiger partial charge in [0.2, 0.25) is 0 Å². The van der Waals surface area contributed by atoms with Crippen molar-refractivity contribution in [2.24, 2.45) is 12.5 Å². The number of amides is 2. The summed E-state index contributed by atoms with van der Waals surface area (Å²) in [6.45, 7) is 8.33. The lowest BCUT2D eigenvalue weighted by molar-refractivity contribution is 0.126. The van der Waals surface area contributed by atoms with Gasteiger partial charge in [-0.2, -0.15) is 5.10 Å². The molecule has 1 heterocycles. The highest BCUT2D eigenvalue weighted by Gasteiger charge is 2.23. The second-order valence-corrected chi connectivity index (χ2v) is 6.61. The maximum atomic E-state index is 12.2. The van der Waals surface area contributed by atoms with Crippen molar-refractivity contribution in [1.82, 2.24) is 20.0 Å². The predicted octanol–water partition coefficient (Wildman–Crippen LogP) is 1.92. The fourth-order valence-corrected chi connectivity index (χ4v) is 2.37. The van der Waals surface area contributed by atoms with Crippen molar-refractivity contribution in [3.8, 4) is 0 Å². The minimum Gasteiger partial charge on any atom is -0.393 e. The van der Waals surface area contributed by atoms with Crippen molar-refractivity contribution in [1.29, 1.82) is 0 Å². The number of urea groups is 1. The van der Waals surface area contributed by atoms with Gasteiger partial charge in [0, 0.05) is 32.4 Å². The summed E-state index contributed by atoms with van der Waals surface area (Å²) < 4.78 is 1.73. The average molecular weight is 296 g/mol. The maximum absolute atomic E-state index is 12.2. The van der Waals surface area contributed by atoms with Crippen molar-refractivity contribution in [3.05, 3.63) is 18.0 Å². The van der Waals surface area contributed by atoms with Crippen molar-refractivity contribution in [2.75, 3.05) is 13.6 Å². The summed E-state index contributed by atoms with van der Waals surface area (Å²) in [5, 5.41) is 16.5. The zero-order valence-corrected chi connectivity index (χ0v) is 13.9. The fraction of sp³-hybridized carbons (Fsp3) is 0.733. The first-order valence-corrected chi connectivity index (χ1v) is 7.29. The molecule has 1 rings (SSSR count). The number of aromatic nitrogens is 2. The third-order valence-electron chi connectivity index (χ3n) is 3.67. The van der Waals surface area contributed by atoms with E-state index < -0.39 is 0 Å². The first-order chi connectivity index (χ1) is 9.62. The van der Waals surface area contributed by atoms with E-state index in [4.69, 9.17) is 0 Å². The van der Waals surface area contributed by atoms with Crippen molar-refractivity contribution in [2.45, 2.75) is 46.3 Å². The summed E-state index contributed by atoms with van der Waals surface area (Å²) in [7, 11) is 3.63. The molecule has 2 amide bonds. The Morgan fingerprint density at radius 3 is 2.62 bits per heavy atom. The monoisotopic (exact) mass is 296 g/mol. The summed E-state index contributed by atoms with van der Waals surface area (Å²) in [6, 6.07) is -0.163. The van der Waals surface area contributed by atoms with Gasteiger partial charge in [-0.15, -0.1) is 0 Å². The van der Waals surface area contributed by atoms with Gasteiger partial charge in [-0.1, -0.05) is 13.8 Å². The van der Waals surface area contributed by atoms with Crippen LogP contribution >= 0.6 is 0 Å². The molecule has 0 saturated heterocycles. The van der Waals surface area contributed by atoms with Crippen LogP contribution in [0.25, 0.3) is 0 Å². The third kappa shape index (κ3) is 5.38. The van der Waals surface area contributed by atoms with Crippen LogP contribution in [-0.4, -0.2) is 45.5 Å². The van der Waals surface area contributed by atoms with Crippen molar-refractivity contribution >= 4 is 6.03 Å². The zero-order chi connectivity index (χ0) is 16.2. The summed E-state index contributed by atoms with van der Waals surface area (Å²) in [6.07, 6.45) is 3.95. The maximum Gasteiger partial charge on any atom is 0.317 e. The van der Waals surface area contributed by atoms with E-state index in [2.05, 4.69) is 10.4 Å². The molecule has 1 aromatic heterocycles. The molecule has 2 atom stereocenters. The highest BCUT2D eigenvalue weighted by Crippen LogP contribution is 2.22. The van der Waals surface area contributed by atoms with E-state index in [1.807, 2.05) is 34.0 Å². The molecule has 0 bridgehead atoms. The van der Waals surface area contributed by atoms with E-state index in [0.29, 0.717) is 13.0 Å². The standard InChI is InChI=1S/C15H28N4O2/c1-11(20)7-15(3,4)10-16-14(21)19(6)12(2)13-8-17-18(5)9-13/h8-9,11-12,20H,7,10H2,1-6H3,(H,16,21). The summed E-state index contributed by atoms with van der Waals surface area (Å²) in [4.78, 5) is 13.9. The normalized spacial score (nSPS) is 14.6. The van der Waals surface area contributed by atoms with Gasteiger partial charge in [-0.25, -0.2) is 4.79 Å². The fourth-order valence-electron chi connectivity index (χ4n) is 2.37. The molecular formula is C15H28N4O2. The Hall–Kier alpha value is -1.56. The molecule has 6 nitrogen and oxygen atoms in total. The Labute approximate surface area is 127 Å². The number of aliphatic hydroxyl groups excluding tert-OH is 1. The van der Waals surface area contributed by atoms with Crippen LogP contribution in [0.5, 0.6) is 0 Å². The number of hydrogen-bond acceptors (Lipinski definition) is 3. The van der Waals surface area contributed by atoms with Gasteiger partial charge in [0.25, 0.3) is 0 Å². The topological polar surface area (TPSA) is 70.4 Å². The smallest absolute Gasteiger partial charge is 0.317 e. The largest absolute Gasteiger partial charge is 0.393 e. The molecule has 0 spiro atoms. The molecule has 0 aliphatic rings. The van der Waals surface area contributed by atoms with Crippen LogP contribution in [-0.2, 0) is 7.05 Å². The van der Waals surface area contributed by atoms with Crippen LogP contribution in [0.4, 0.5) is 4.79 Å². The van der Waals surface area contributed by atoms with Gasteiger partial charge >= 0.3 is 6.03 Å². The predicted molar refractivity (Wildman–Crippen MR) is 82.9 cm³/mol. The van der Waals surface area contributed by atoms with Gasteiger partial charge in [0.15, 0.2) is 0 Å². The molecule has 0 fully saturated rings. The Morgan fingerprint density at radius 1 is 1.52 bits per heavy atom. The molecule has 2 unspecified atom stereocenters. The number of carbonyl (C=O) groups is 1. The van der Waals surface area contributed by atoms with E-state index >= 15 is 0 Å². The van der Waals surface area contributed by atoms with Crippen LogP contribution in [0.3, 0.4) is 0 Å².